The molecule has 21 heavy (non-hydrogen) atoms. The van der Waals surface area contributed by atoms with E-state index in [9.17, 15) is 18.7 Å². The molecule has 1 aromatic rings. The average molecular weight is 299 g/mol. The second-order valence-electron chi connectivity index (χ2n) is 5.22. The van der Waals surface area contributed by atoms with E-state index >= 15 is 0 Å². The number of aliphatic hydroxyl groups is 1. The Morgan fingerprint density at radius 3 is 2.76 bits per heavy atom. The van der Waals surface area contributed by atoms with Gasteiger partial charge in [-0.2, -0.15) is 8.78 Å². The minimum atomic E-state index is -3.76. The summed E-state index contributed by atoms with van der Waals surface area (Å²) in [7, 11) is 0. The molecule has 0 bridgehead atoms. The Morgan fingerprint density at radius 1 is 1.48 bits per heavy atom. The molecule has 1 amide bonds. The molecule has 0 atom stereocenters. The van der Waals surface area contributed by atoms with Crippen LogP contribution in [0.5, 0.6) is 5.75 Å². The maximum Gasteiger partial charge on any atom is 0.352 e. The first kappa shape index (κ1) is 15.7. The second-order valence-corrected chi connectivity index (χ2v) is 5.22. The van der Waals surface area contributed by atoms with Crippen molar-refractivity contribution in [2.24, 2.45) is 0 Å². The van der Waals surface area contributed by atoms with Crippen molar-refractivity contribution in [3.63, 3.8) is 0 Å². The first-order valence-corrected chi connectivity index (χ1v) is 6.99. The Hall–Kier alpha value is -1.69. The molecule has 4 nitrogen and oxygen atoms in total. The molecule has 116 valence electrons. The zero-order valence-corrected chi connectivity index (χ0v) is 11.9. The van der Waals surface area contributed by atoms with Crippen LogP contribution in [0.3, 0.4) is 0 Å². The predicted molar refractivity (Wildman–Crippen MR) is 73.2 cm³/mol. The lowest BCUT2D eigenvalue weighted by molar-refractivity contribution is -0.216. The lowest BCUT2D eigenvalue weighted by atomic mass is 9.75. The van der Waals surface area contributed by atoms with Gasteiger partial charge in [0, 0.05) is 6.54 Å². The topological polar surface area (TPSA) is 58.6 Å². The van der Waals surface area contributed by atoms with Crippen LogP contribution in [0.4, 0.5) is 8.78 Å². The molecule has 2 rings (SSSR count). The van der Waals surface area contributed by atoms with Crippen LogP contribution in [-0.4, -0.2) is 29.1 Å². The van der Waals surface area contributed by atoms with Gasteiger partial charge in [0.2, 0.25) is 0 Å². The lowest BCUT2D eigenvalue weighted by Crippen LogP contribution is -2.60. The maximum absolute atomic E-state index is 13.9. The highest BCUT2D eigenvalue weighted by Gasteiger charge is 2.61. The van der Waals surface area contributed by atoms with Crippen molar-refractivity contribution in [1.82, 2.24) is 5.32 Å². The van der Waals surface area contributed by atoms with Crippen molar-refractivity contribution in [3.8, 4) is 5.75 Å². The first-order chi connectivity index (χ1) is 9.89. The van der Waals surface area contributed by atoms with Gasteiger partial charge in [-0.15, -0.1) is 0 Å². The number of amides is 1. The van der Waals surface area contributed by atoms with Crippen LogP contribution in [0.1, 0.15) is 31.7 Å². The van der Waals surface area contributed by atoms with Gasteiger partial charge < -0.3 is 15.2 Å². The van der Waals surface area contributed by atoms with E-state index in [2.05, 4.69) is 5.32 Å². The van der Waals surface area contributed by atoms with Crippen LogP contribution >= 0.6 is 0 Å². The molecule has 0 spiro atoms. The fourth-order valence-electron chi connectivity index (χ4n) is 2.24. The van der Waals surface area contributed by atoms with Crippen LogP contribution in [0.25, 0.3) is 0 Å². The molecule has 1 fully saturated rings. The molecule has 0 saturated heterocycles. The van der Waals surface area contributed by atoms with Crippen LogP contribution < -0.4 is 10.1 Å². The average Bonchev–Trinajstić information content (AvgIpc) is 2.42. The molecule has 2 N–H and O–H groups in total. The van der Waals surface area contributed by atoms with Gasteiger partial charge in [-0.3, -0.25) is 4.79 Å². The van der Waals surface area contributed by atoms with Crippen molar-refractivity contribution in [1.29, 1.82) is 0 Å². The molecular formula is C15H19F2NO3. The van der Waals surface area contributed by atoms with Crippen LogP contribution in [0, 0.1) is 0 Å². The quantitative estimate of drug-likeness (QED) is 0.847. The zero-order valence-electron chi connectivity index (χ0n) is 11.9. The van der Waals surface area contributed by atoms with E-state index in [-0.39, 0.29) is 19.4 Å². The molecule has 0 aromatic heterocycles. The van der Waals surface area contributed by atoms with Gasteiger partial charge in [-0.05, 0) is 43.9 Å². The molecule has 6 heteroatoms. The summed E-state index contributed by atoms with van der Waals surface area (Å²) >= 11 is 0. The van der Waals surface area contributed by atoms with E-state index in [0.717, 1.165) is 0 Å². The molecule has 0 unspecified atom stereocenters. The fraction of sp³-hybridized carbons (Fsp3) is 0.533. The first-order valence-electron chi connectivity index (χ1n) is 6.99. The van der Waals surface area contributed by atoms with Gasteiger partial charge in [0.1, 0.15) is 11.4 Å². The smallest absolute Gasteiger partial charge is 0.352 e. The van der Waals surface area contributed by atoms with Crippen LogP contribution in [0.2, 0.25) is 0 Å². The second kappa shape index (κ2) is 5.97. The third-order valence-electron chi connectivity index (χ3n) is 3.71. The third kappa shape index (κ3) is 3.15. The van der Waals surface area contributed by atoms with Gasteiger partial charge in [0.15, 0.2) is 0 Å². The van der Waals surface area contributed by atoms with Gasteiger partial charge in [0.05, 0.1) is 6.61 Å². The molecule has 0 aliphatic heterocycles. The number of hydrogen-bond acceptors (Lipinski definition) is 3. The summed E-state index contributed by atoms with van der Waals surface area (Å²) < 4.78 is 33.0. The Kier molecular flexibility index (Phi) is 4.46. The standard InChI is InChI=1S/C15H19F2NO3/c1-2-21-12-6-3-5-11(9-12)10-18-13(19)15(16,17)14(20)7-4-8-14/h3,5-6,9,20H,2,4,7-8,10H2,1H3,(H,18,19). The van der Waals surface area contributed by atoms with Gasteiger partial charge in [0.25, 0.3) is 5.91 Å². The van der Waals surface area contributed by atoms with E-state index in [1.807, 2.05) is 6.92 Å². The van der Waals surface area contributed by atoms with E-state index in [4.69, 9.17) is 4.74 Å². The van der Waals surface area contributed by atoms with E-state index in [1.54, 1.807) is 24.3 Å². The van der Waals surface area contributed by atoms with Crippen molar-refractivity contribution in [2.75, 3.05) is 6.61 Å². The summed E-state index contributed by atoms with van der Waals surface area (Å²) in [5.41, 5.74) is -1.53. The Labute approximate surface area is 122 Å². The number of carbonyl (C=O) groups excluding carboxylic acids is 1. The van der Waals surface area contributed by atoms with Crippen molar-refractivity contribution < 1.29 is 23.4 Å². The molecular weight excluding hydrogens is 280 g/mol. The number of nitrogens with one attached hydrogen (secondary N) is 1. The molecule has 1 aromatic carbocycles. The highest BCUT2D eigenvalue weighted by molar-refractivity contribution is 5.85. The number of alkyl halides is 2. The molecule has 0 radical (unpaired) electrons. The number of ether oxygens (including phenoxy) is 1. The van der Waals surface area contributed by atoms with Crippen molar-refractivity contribution >= 4 is 5.91 Å². The number of rotatable bonds is 6. The van der Waals surface area contributed by atoms with Crippen LogP contribution in [-0.2, 0) is 11.3 Å². The van der Waals surface area contributed by atoms with Crippen molar-refractivity contribution in [3.05, 3.63) is 29.8 Å². The largest absolute Gasteiger partial charge is 0.494 e. The number of hydrogen-bond donors (Lipinski definition) is 2. The fourth-order valence-corrected chi connectivity index (χ4v) is 2.24. The molecule has 0 heterocycles. The van der Waals surface area contributed by atoms with E-state index < -0.39 is 17.4 Å². The Morgan fingerprint density at radius 2 is 2.19 bits per heavy atom. The highest BCUT2D eigenvalue weighted by Crippen LogP contribution is 2.44. The summed E-state index contributed by atoms with van der Waals surface area (Å²) in [5, 5.41) is 11.9. The summed E-state index contributed by atoms with van der Waals surface area (Å²) in [5.74, 6) is -4.58. The van der Waals surface area contributed by atoms with Gasteiger partial charge >= 0.3 is 5.92 Å². The number of benzene rings is 1. The van der Waals surface area contributed by atoms with Crippen LogP contribution in [0.15, 0.2) is 24.3 Å². The molecule has 1 saturated carbocycles. The minimum Gasteiger partial charge on any atom is -0.494 e. The summed E-state index contributed by atoms with van der Waals surface area (Å²) in [4.78, 5) is 11.6. The zero-order chi connectivity index (χ0) is 15.5. The monoisotopic (exact) mass is 299 g/mol. The predicted octanol–water partition coefficient (Wildman–Crippen LogP) is 2.25. The lowest BCUT2D eigenvalue weighted by Gasteiger charge is -2.41. The molecule has 1 aliphatic carbocycles. The Bertz CT molecular complexity index is 515. The maximum atomic E-state index is 13.9. The molecule has 1 aliphatic rings. The third-order valence-corrected chi connectivity index (χ3v) is 3.71. The summed E-state index contributed by atoms with van der Waals surface area (Å²) in [6, 6.07) is 6.86. The van der Waals surface area contributed by atoms with E-state index in [1.165, 1.54) is 0 Å². The van der Waals surface area contributed by atoms with Gasteiger partial charge in [-0.1, -0.05) is 12.1 Å². The van der Waals surface area contributed by atoms with Crippen molar-refractivity contribution in [2.45, 2.75) is 44.3 Å². The highest BCUT2D eigenvalue weighted by atomic mass is 19.3. The summed E-state index contributed by atoms with van der Waals surface area (Å²) in [6.07, 6.45) is 0.413. The van der Waals surface area contributed by atoms with E-state index in [0.29, 0.717) is 24.3 Å². The number of halogens is 2. The minimum absolute atomic E-state index is 0.0363. The SMILES string of the molecule is CCOc1cccc(CNC(=O)C(F)(F)C2(O)CCC2)c1. The number of carbonyl (C=O) groups is 1. The normalized spacial score (nSPS) is 17.0. The van der Waals surface area contributed by atoms with Gasteiger partial charge in [-0.25, -0.2) is 0 Å². The summed E-state index contributed by atoms with van der Waals surface area (Å²) in [6.45, 7) is 2.31. The Balaban J connectivity index is 1.96.